The van der Waals surface area contributed by atoms with Gasteiger partial charge in [-0.05, 0) is 33.8 Å². The standard InChI is InChI=1S/C16H23BrFN3/c1-4-5-6-7-16(2,3)10-21-14-9-12(18)11(17)8-13(14)20-15(21)19/h8-9H,4-7,10H2,1-3H3,(H2,19,20). The Balaban J connectivity index is 2.29. The first-order valence-corrected chi connectivity index (χ1v) is 8.24. The first-order valence-electron chi connectivity index (χ1n) is 7.45. The summed E-state index contributed by atoms with van der Waals surface area (Å²) < 4.78 is 16.1. The number of nitrogens with two attached hydrogens (primary N) is 1. The minimum absolute atomic E-state index is 0.112. The molecule has 0 fully saturated rings. The van der Waals surface area contributed by atoms with Crippen molar-refractivity contribution in [2.24, 2.45) is 5.41 Å². The van der Waals surface area contributed by atoms with Crippen LogP contribution in [0.5, 0.6) is 0 Å². The SMILES string of the molecule is CCCCCC(C)(C)Cn1c(N)nc2cc(Br)c(F)cc21. The van der Waals surface area contributed by atoms with Crippen LogP contribution in [0.25, 0.3) is 11.0 Å². The average Bonchev–Trinajstić information content (AvgIpc) is 2.66. The Labute approximate surface area is 133 Å². The summed E-state index contributed by atoms with van der Waals surface area (Å²) in [7, 11) is 0. The van der Waals surface area contributed by atoms with Gasteiger partial charge in [-0.1, -0.05) is 40.0 Å². The number of rotatable bonds is 6. The van der Waals surface area contributed by atoms with Gasteiger partial charge in [0.25, 0.3) is 0 Å². The molecule has 0 bridgehead atoms. The number of nitrogens with zero attached hydrogens (tertiary/aromatic N) is 2. The van der Waals surface area contributed by atoms with Crippen LogP contribution in [0.1, 0.15) is 46.5 Å². The third-order valence-electron chi connectivity index (χ3n) is 3.86. The Hall–Kier alpha value is -1.10. The Morgan fingerprint density at radius 2 is 2.05 bits per heavy atom. The fourth-order valence-electron chi connectivity index (χ4n) is 2.67. The largest absolute Gasteiger partial charge is 0.369 e. The van der Waals surface area contributed by atoms with Crippen molar-refractivity contribution in [3.63, 3.8) is 0 Å². The molecular formula is C16H23BrFN3. The number of unbranched alkanes of at least 4 members (excludes halogenated alkanes) is 2. The van der Waals surface area contributed by atoms with Crippen LogP contribution < -0.4 is 5.73 Å². The molecule has 0 radical (unpaired) electrons. The fraction of sp³-hybridized carbons (Fsp3) is 0.562. The number of hydrogen-bond acceptors (Lipinski definition) is 2. The van der Waals surface area contributed by atoms with Crippen LogP contribution in [0.2, 0.25) is 0 Å². The molecule has 116 valence electrons. The lowest BCUT2D eigenvalue weighted by molar-refractivity contribution is 0.276. The lowest BCUT2D eigenvalue weighted by Crippen LogP contribution is -2.21. The van der Waals surface area contributed by atoms with E-state index in [4.69, 9.17) is 5.73 Å². The highest BCUT2D eigenvalue weighted by Gasteiger charge is 2.21. The molecule has 0 saturated heterocycles. The van der Waals surface area contributed by atoms with E-state index in [0.717, 1.165) is 24.0 Å². The van der Waals surface area contributed by atoms with Crippen molar-refractivity contribution in [1.29, 1.82) is 0 Å². The van der Waals surface area contributed by atoms with Gasteiger partial charge >= 0.3 is 0 Å². The highest BCUT2D eigenvalue weighted by molar-refractivity contribution is 9.10. The summed E-state index contributed by atoms with van der Waals surface area (Å²) in [6.45, 7) is 7.40. The number of nitrogen functional groups attached to an aromatic ring is 1. The van der Waals surface area contributed by atoms with Gasteiger partial charge in [-0.15, -0.1) is 0 Å². The van der Waals surface area contributed by atoms with Crippen LogP contribution in [-0.2, 0) is 6.54 Å². The van der Waals surface area contributed by atoms with Crippen molar-refractivity contribution in [3.05, 3.63) is 22.4 Å². The van der Waals surface area contributed by atoms with Crippen molar-refractivity contribution in [1.82, 2.24) is 9.55 Å². The maximum absolute atomic E-state index is 13.8. The van der Waals surface area contributed by atoms with Gasteiger partial charge in [0.15, 0.2) is 0 Å². The van der Waals surface area contributed by atoms with Crippen LogP contribution >= 0.6 is 15.9 Å². The second kappa shape index (κ2) is 6.34. The predicted octanol–water partition coefficient (Wildman–Crippen LogP) is 5.13. The van der Waals surface area contributed by atoms with E-state index in [1.807, 2.05) is 4.57 Å². The summed E-state index contributed by atoms with van der Waals surface area (Å²) in [6, 6.07) is 3.19. The molecule has 5 heteroatoms. The van der Waals surface area contributed by atoms with Crippen LogP contribution in [-0.4, -0.2) is 9.55 Å². The molecule has 0 saturated carbocycles. The molecule has 2 aromatic rings. The topological polar surface area (TPSA) is 43.8 Å². The van der Waals surface area contributed by atoms with Crippen LogP contribution in [0, 0.1) is 11.2 Å². The number of halogens is 2. The molecule has 1 aromatic carbocycles. The summed E-state index contributed by atoms with van der Waals surface area (Å²) in [6.07, 6.45) is 4.78. The molecule has 0 aliphatic carbocycles. The molecule has 21 heavy (non-hydrogen) atoms. The van der Waals surface area contributed by atoms with Gasteiger partial charge in [0.1, 0.15) is 5.82 Å². The molecule has 1 heterocycles. The average molecular weight is 356 g/mol. The Kier molecular flexibility index (Phi) is 4.91. The zero-order valence-corrected chi connectivity index (χ0v) is 14.5. The van der Waals surface area contributed by atoms with Gasteiger partial charge in [0.2, 0.25) is 5.95 Å². The highest BCUT2D eigenvalue weighted by atomic mass is 79.9. The van der Waals surface area contributed by atoms with Gasteiger partial charge in [-0.2, -0.15) is 0 Å². The molecule has 0 amide bonds. The molecule has 0 aliphatic rings. The van der Waals surface area contributed by atoms with E-state index >= 15 is 0 Å². The normalized spacial score (nSPS) is 12.2. The van der Waals surface area contributed by atoms with E-state index < -0.39 is 0 Å². The van der Waals surface area contributed by atoms with Crippen molar-refractivity contribution in [3.8, 4) is 0 Å². The minimum Gasteiger partial charge on any atom is -0.369 e. The van der Waals surface area contributed by atoms with E-state index in [0.29, 0.717) is 10.4 Å². The number of aromatic nitrogens is 2. The zero-order valence-electron chi connectivity index (χ0n) is 12.9. The Morgan fingerprint density at radius 1 is 1.33 bits per heavy atom. The molecule has 0 spiro atoms. The lowest BCUT2D eigenvalue weighted by atomic mass is 9.86. The van der Waals surface area contributed by atoms with Crippen molar-refractivity contribution >= 4 is 32.9 Å². The van der Waals surface area contributed by atoms with Crippen LogP contribution in [0.15, 0.2) is 16.6 Å². The quantitative estimate of drug-likeness (QED) is 0.730. The summed E-state index contributed by atoms with van der Waals surface area (Å²) in [5.41, 5.74) is 7.63. The van der Waals surface area contributed by atoms with E-state index in [-0.39, 0.29) is 11.2 Å². The van der Waals surface area contributed by atoms with Gasteiger partial charge in [-0.25, -0.2) is 9.37 Å². The second-order valence-corrected chi connectivity index (χ2v) is 7.29. The van der Waals surface area contributed by atoms with E-state index in [9.17, 15) is 4.39 Å². The minimum atomic E-state index is -0.285. The third kappa shape index (κ3) is 3.76. The summed E-state index contributed by atoms with van der Waals surface area (Å²) >= 11 is 3.19. The predicted molar refractivity (Wildman–Crippen MR) is 89.7 cm³/mol. The van der Waals surface area contributed by atoms with E-state index in [1.165, 1.54) is 25.3 Å². The van der Waals surface area contributed by atoms with E-state index in [2.05, 4.69) is 41.7 Å². The van der Waals surface area contributed by atoms with Crippen molar-refractivity contribution < 1.29 is 4.39 Å². The molecule has 2 rings (SSSR count). The lowest BCUT2D eigenvalue weighted by Gasteiger charge is -2.26. The number of imidazole rings is 1. The number of anilines is 1. The fourth-order valence-corrected chi connectivity index (χ4v) is 3.00. The molecule has 0 atom stereocenters. The molecule has 0 aliphatic heterocycles. The number of hydrogen-bond donors (Lipinski definition) is 1. The summed E-state index contributed by atoms with van der Waals surface area (Å²) in [5, 5.41) is 0. The van der Waals surface area contributed by atoms with Gasteiger partial charge < -0.3 is 10.3 Å². The smallest absolute Gasteiger partial charge is 0.201 e. The molecule has 1 aromatic heterocycles. The first-order chi connectivity index (χ1) is 9.84. The molecule has 3 nitrogen and oxygen atoms in total. The third-order valence-corrected chi connectivity index (χ3v) is 4.47. The highest BCUT2D eigenvalue weighted by Crippen LogP contribution is 2.31. The maximum Gasteiger partial charge on any atom is 0.201 e. The Morgan fingerprint density at radius 3 is 2.71 bits per heavy atom. The zero-order chi connectivity index (χ0) is 15.6. The van der Waals surface area contributed by atoms with E-state index in [1.54, 1.807) is 6.07 Å². The molecular weight excluding hydrogens is 333 g/mol. The second-order valence-electron chi connectivity index (χ2n) is 6.43. The first kappa shape index (κ1) is 16.3. The van der Waals surface area contributed by atoms with Gasteiger partial charge in [0.05, 0.1) is 15.5 Å². The monoisotopic (exact) mass is 355 g/mol. The summed E-state index contributed by atoms with van der Waals surface area (Å²) in [4.78, 5) is 4.34. The van der Waals surface area contributed by atoms with Crippen molar-refractivity contribution in [2.45, 2.75) is 53.0 Å². The Bertz CT molecular complexity index is 634. The molecule has 0 unspecified atom stereocenters. The van der Waals surface area contributed by atoms with Crippen molar-refractivity contribution in [2.75, 3.05) is 5.73 Å². The van der Waals surface area contributed by atoms with Crippen LogP contribution in [0.3, 0.4) is 0 Å². The summed E-state index contributed by atoms with van der Waals surface area (Å²) in [5.74, 6) is 0.165. The van der Waals surface area contributed by atoms with Gasteiger partial charge in [-0.3, -0.25) is 0 Å². The molecule has 2 N–H and O–H groups in total. The number of benzene rings is 1. The van der Waals surface area contributed by atoms with Gasteiger partial charge in [0, 0.05) is 12.6 Å². The number of fused-ring (bicyclic) bond motifs is 1. The maximum atomic E-state index is 13.8. The van der Waals surface area contributed by atoms with Crippen LogP contribution in [0.4, 0.5) is 10.3 Å².